The molecule has 5 nitrogen and oxygen atoms in total. The number of rotatable bonds is 4. The van der Waals surface area contributed by atoms with Gasteiger partial charge in [-0.05, 0) is 17.4 Å². The van der Waals surface area contributed by atoms with Crippen molar-refractivity contribution in [3.63, 3.8) is 0 Å². The molecule has 0 saturated heterocycles. The highest BCUT2D eigenvalue weighted by Gasteiger charge is 2.26. The van der Waals surface area contributed by atoms with Crippen LogP contribution >= 0.6 is 0 Å². The fourth-order valence-corrected chi connectivity index (χ4v) is 1.43. The SMILES string of the molecule is Cn1cc(CCNC(=O)[C@H](N)C(C)(C)C)cn1. The number of hydrogen-bond donors (Lipinski definition) is 2. The third-order valence-electron chi connectivity index (χ3n) is 2.69. The second-order valence-electron chi connectivity index (χ2n) is 5.41. The van der Waals surface area contributed by atoms with E-state index in [-0.39, 0.29) is 11.3 Å². The number of aromatic nitrogens is 2. The molecule has 0 aromatic carbocycles. The van der Waals surface area contributed by atoms with Gasteiger partial charge in [-0.25, -0.2) is 0 Å². The van der Waals surface area contributed by atoms with Gasteiger partial charge in [0.15, 0.2) is 0 Å². The second-order valence-corrected chi connectivity index (χ2v) is 5.41. The van der Waals surface area contributed by atoms with Gasteiger partial charge >= 0.3 is 0 Å². The maximum Gasteiger partial charge on any atom is 0.237 e. The van der Waals surface area contributed by atoms with Crippen LogP contribution in [-0.4, -0.2) is 28.3 Å². The number of nitrogens with two attached hydrogens (primary N) is 1. The Morgan fingerprint density at radius 2 is 2.24 bits per heavy atom. The number of nitrogens with one attached hydrogen (secondary N) is 1. The predicted molar refractivity (Wildman–Crippen MR) is 67.4 cm³/mol. The first kappa shape index (κ1) is 13.7. The third-order valence-corrected chi connectivity index (χ3v) is 2.69. The van der Waals surface area contributed by atoms with Crippen LogP contribution < -0.4 is 11.1 Å². The maximum atomic E-state index is 11.7. The van der Waals surface area contributed by atoms with E-state index in [1.54, 1.807) is 10.9 Å². The summed E-state index contributed by atoms with van der Waals surface area (Å²) in [6, 6.07) is -0.476. The van der Waals surface area contributed by atoms with E-state index < -0.39 is 6.04 Å². The summed E-state index contributed by atoms with van der Waals surface area (Å²) in [5, 5.41) is 6.91. The fourth-order valence-electron chi connectivity index (χ4n) is 1.43. The Hall–Kier alpha value is -1.36. The van der Waals surface area contributed by atoms with Gasteiger partial charge in [0.05, 0.1) is 12.2 Å². The van der Waals surface area contributed by atoms with Gasteiger partial charge in [-0.3, -0.25) is 9.48 Å². The van der Waals surface area contributed by atoms with Crippen molar-refractivity contribution in [2.24, 2.45) is 18.2 Å². The molecule has 0 saturated carbocycles. The Morgan fingerprint density at radius 1 is 1.59 bits per heavy atom. The largest absolute Gasteiger partial charge is 0.354 e. The maximum absolute atomic E-state index is 11.7. The van der Waals surface area contributed by atoms with Gasteiger partial charge in [-0.15, -0.1) is 0 Å². The molecule has 0 spiro atoms. The van der Waals surface area contributed by atoms with Crippen LogP contribution in [0.5, 0.6) is 0 Å². The van der Waals surface area contributed by atoms with E-state index in [0.29, 0.717) is 6.54 Å². The van der Waals surface area contributed by atoms with Crippen LogP contribution in [-0.2, 0) is 18.3 Å². The number of nitrogens with zero attached hydrogens (tertiary/aromatic N) is 2. The molecule has 1 aromatic rings. The van der Waals surface area contributed by atoms with Crippen LogP contribution in [0, 0.1) is 5.41 Å². The van der Waals surface area contributed by atoms with Crippen molar-refractivity contribution >= 4 is 5.91 Å². The van der Waals surface area contributed by atoms with Crippen LogP contribution in [0.3, 0.4) is 0 Å². The van der Waals surface area contributed by atoms with E-state index in [9.17, 15) is 4.79 Å². The number of hydrogen-bond acceptors (Lipinski definition) is 3. The Morgan fingerprint density at radius 3 is 2.71 bits per heavy atom. The van der Waals surface area contributed by atoms with E-state index in [1.165, 1.54) is 0 Å². The minimum absolute atomic E-state index is 0.0959. The second kappa shape index (κ2) is 5.31. The molecule has 0 bridgehead atoms. The van der Waals surface area contributed by atoms with Crippen molar-refractivity contribution in [1.82, 2.24) is 15.1 Å². The van der Waals surface area contributed by atoms with Crippen molar-refractivity contribution in [3.05, 3.63) is 18.0 Å². The van der Waals surface area contributed by atoms with E-state index >= 15 is 0 Å². The van der Waals surface area contributed by atoms with Gasteiger partial charge in [0.2, 0.25) is 5.91 Å². The van der Waals surface area contributed by atoms with Gasteiger partial charge in [-0.1, -0.05) is 20.8 Å². The first-order valence-electron chi connectivity index (χ1n) is 5.81. The number of carbonyl (C=O) groups excluding carboxylic acids is 1. The number of aryl methyl sites for hydroxylation is 1. The van der Waals surface area contributed by atoms with Gasteiger partial charge in [0.1, 0.15) is 0 Å². The van der Waals surface area contributed by atoms with Gasteiger partial charge in [0, 0.05) is 19.8 Å². The number of amides is 1. The lowest BCUT2D eigenvalue weighted by molar-refractivity contribution is -0.124. The molecule has 0 unspecified atom stereocenters. The highest BCUT2D eigenvalue weighted by molar-refractivity contribution is 5.82. The zero-order valence-corrected chi connectivity index (χ0v) is 11.0. The summed E-state index contributed by atoms with van der Waals surface area (Å²) in [6.07, 6.45) is 4.52. The first-order chi connectivity index (χ1) is 7.80. The fraction of sp³-hybridized carbons (Fsp3) is 0.667. The van der Waals surface area contributed by atoms with Crippen molar-refractivity contribution < 1.29 is 4.79 Å². The monoisotopic (exact) mass is 238 g/mol. The summed E-state index contributed by atoms with van der Waals surface area (Å²) >= 11 is 0. The molecule has 0 aliphatic heterocycles. The summed E-state index contributed by atoms with van der Waals surface area (Å²) in [5.74, 6) is -0.0959. The highest BCUT2D eigenvalue weighted by atomic mass is 16.2. The molecule has 1 heterocycles. The minimum atomic E-state index is -0.476. The molecule has 96 valence electrons. The van der Waals surface area contributed by atoms with E-state index in [2.05, 4.69) is 10.4 Å². The summed E-state index contributed by atoms with van der Waals surface area (Å²) in [6.45, 7) is 6.46. The summed E-state index contributed by atoms with van der Waals surface area (Å²) in [4.78, 5) is 11.7. The van der Waals surface area contributed by atoms with Crippen molar-refractivity contribution in [2.45, 2.75) is 33.2 Å². The lowest BCUT2D eigenvalue weighted by atomic mass is 9.87. The molecule has 1 rings (SSSR count). The van der Waals surface area contributed by atoms with E-state index in [4.69, 9.17) is 5.73 Å². The molecular weight excluding hydrogens is 216 g/mol. The average molecular weight is 238 g/mol. The van der Waals surface area contributed by atoms with Crippen LogP contribution in [0.15, 0.2) is 12.4 Å². The van der Waals surface area contributed by atoms with Gasteiger partial charge in [-0.2, -0.15) is 5.10 Å². The Kier molecular flexibility index (Phi) is 4.28. The molecule has 0 fully saturated rings. The highest BCUT2D eigenvalue weighted by Crippen LogP contribution is 2.17. The topological polar surface area (TPSA) is 72.9 Å². The van der Waals surface area contributed by atoms with Crippen LogP contribution in [0.25, 0.3) is 0 Å². The molecule has 1 atom stereocenters. The molecular formula is C12H22N4O. The summed E-state index contributed by atoms with van der Waals surface area (Å²) < 4.78 is 1.75. The van der Waals surface area contributed by atoms with Crippen LogP contribution in [0.2, 0.25) is 0 Å². The van der Waals surface area contributed by atoms with E-state index in [0.717, 1.165) is 12.0 Å². The van der Waals surface area contributed by atoms with E-state index in [1.807, 2.05) is 34.0 Å². The third kappa shape index (κ3) is 4.19. The molecule has 0 aliphatic carbocycles. The Labute approximate surface area is 102 Å². The zero-order chi connectivity index (χ0) is 13.1. The van der Waals surface area contributed by atoms with Gasteiger partial charge in [0.25, 0.3) is 0 Å². The first-order valence-corrected chi connectivity index (χ1v) is 5.81. The summed E-state index contributed by atoms with van der Waals surface area (Å²) in [5.41, 5.74) is 6.75. The molecule has 5 heteroatoms. The number of carbonyl (C=O) groups is 1. The molecule has 1 aromatic heterocycles. The average Bonchev–Trinajstić information content (AvgIpc) is 2.61. The molecule has 0 aliphatic rings. The Bertz CT molecular complexity index is 378. The molecule has 17 heavy (non-hydrogen) atoms. The molecule has 1 amide bonds. The van der Waals surface area contributed by atoms with Crippen LogP contribution in [0.4, 0.5) is 0 Å². The summed E-state index contributed by atoms with van der Waals surface area (Å²) in [7, 11) is 1.87. The van der Waals surface area contributed by atoms with Crippen molar-refractivity contribution in [2.75, 3.05) is 6.54 Å². The minimum Gasteiger partial charge on any atom is -0.354 e. The van der Waals surface area contributed by atoms with Crippen molar-refractivity contribution in [3.8, 4) is 0 Å². The molecule has 0 radical (unpaired) electrons. The predicted octanol–water partition coefficient (Wildman–Crippen LogP) is 0.452. The lowest BCUT2D eigenvalue weighted by Crippen LogP contribution is -2.48. The van der Waals surface area contributed by atoms with Crippen LogP contribution in [0.1, 0.15) is 26.3 Å². The zero-order valence-electron chi connectivity index (χ0n) is 11.0. The Balaban J connectivity index is 2.34. The quantitative estimate of drug-likeness (QED) is 0.800. The lowest BCUT2D eigenvalue weighted by Gasteiger charge is -2.25. The molecule has 3 N–H and O–H groups in total. The standard InChI is InChI=1S/C12H22N4O/c1-12(2,3)10(13)11(17)14-6-5-9-7-15-16(4)8-9/h7-8,10H,5-6,13H2,1-4H3,(H,14,17)/t10-/m0/s1. The normalized spacial score (nSPS) is 13.5. The smallest absolute Gasteiger partial charge is 0.237 e. The van der Waals surface area contributed by atoms with Gasteiger partial charge < -0.3 is 11.1 Å². The van der Waals surface area contributed by atoms with Crippen molar-refractivity contribution in [1.29, 1.82) is 0 Å².